The molecule has 1 N–H and O–H groups in total. The Kier molecular flexibility index (Phi) is 3.66. The summed E-state index contributed by atoms with van der Waals surface area (Å²) in [5.74, 6) is 0. The van der Waals surface area contributed by atoms with Gasteiger partial charge in [0.05, 0.1) is 6.26 Å². The summed E-state index contributed by atoms with van der Waals surface area (Å²) in [6.07, 6.45) is 2.67. The summed E-state index contributed by atoms with van der Waals surface area (Å²) < 4.78 is 4.13. The highest BCUT2D eigenvalue weighted by molar-refractivity contribution is 5.64. The van der Waals surface area contributed by atoms with Gasteiger partial charge in [0.2, 0.25) is 0 Å². The third-order valence-corrected chi connectivity index (χ3v) is 0.507. The van der Waals surface area contributed by atoms with Gasteiger partial charge in [-0.2, -0.15) is 0 Å². The SMILES string of the molecule is CCC=COC([NH])=O. The van der Waals surface area contributed by atoms with Crippen LogP contribution in [0.3, 0.4) is 0 Å². The first kappa shape index (κ1) is 7.01. The number of hydrogen-bond donors (Lipinski definition) is 0. The molecule has 0 heterocycles. The number of rotatable bonds is 2. The smallest absolute Gasteiger partial charge is 0.417 e. The first-order chi connectivity index (χ1) is 3.77. The van der Waals surface area contributed by atoms with E-state index >= 15 is 0 Å². The van der Waals surface area contributed by atoms with E-state index in [1.165, 1.54) is 6.26 Å². The van der Waals surface area contributed by atoms with Crippen LogP contribution in [-0.4, -0.2) is 6.09 Å². The highest BCUT2D eigenvalue weighted by atomic mass is 16.5. The van der Waals surface area contributed by atoms with Gasteiger partial charge in [-0.25, -0.2) is 10.5 Å². The average molecular weight is 114 g/mol. The van der Waals surface area contributed by atoms with Gasteiger partial charge in [-0.05, 0) is 12.5 Å². The van der Waals surface area contributed by atoms with Crippen molar-refractivity contribution in [1.82, 2.24) is 5.73 Å². The molecule has 0 atom stereocenters. The average Bonchev–Trinajstić information content (AvgIpc) is 1.66. The van der Waals surface area contributed by atoms with Crippen molar-refractivity contribution >= 4 is 6.09 Å². The maximum Gasteiger partial charge on any atom is 0.430 e. The van der Waals surface area contributed by atoms with Crippen molar-refractivity contribution in [2.24, 2.45) is 0 Å². The molecule has 0 aromatic heterocycles. The Morgan fingerprint density at radius 1 is 1.88 bits per heavy atom. The Hall–Kier alpha value is -0.990. The summed E-state index contributed by atoms with van der Waals surface area (Å²) in [5, 5.41) is 0. The normalized spacial score (nSPS) is 9.62. The van der Waals surface area contributed by atoms with Gasteiger partial charge in [0.25, 0.3) is 0 Å². The first-order valence-electron chi connectivity index (χ1n) is 2.34. The lowest BCUT2D eigenvalue weighted by Gasteiger charge is -1.85. The van der Waals surface area contributed by atoms with Crippen LogP contribution in [0.25, 0.3) is 0 Å². The molecular formula is C5H8NO2. The Labute approximate surface area is 48.1 Å². The fraction of sp³-hybridized carbons (Fsp3) is 0.400. The van der Waals surface area contributed by atoms with E-state index in [1.807, 2.05) is 6.92 Å². The van der Waals surface area contributed by atoms with E-state index in [-0.39, 0.29) is 0 Å². The van der Waals surface area contributed by atoms with Gasteiger partial charge < -0.3 is 4.74 Å². The van der Waals surface area contributed by atoms with Gasteiger partial charge in [-0.1, -0.05) is 6.92 Å². The van der Waals surface area contributed by atoms with E-state index in [9.17, 15) is 4.79 Å². The van der Waals surface area contributed by atoms with Crippen LogP contribution >= 0.6 is 0 Å². The van der Waals surface area contributed by atoms with Crippen molar-refractivity contribution < 1.29 is 9.53 Å². The van der Waals surface area contributed by atoms with E-state index in [4.69, 9.17) is 5.73 Å². The van der Waals surface area contributed by atoms with E-state index in [0.717, 1.165) is 6.42 Å². The summed E-state index contributed by atoms with van der Waals surface area (Å²) >= 11 is 0. The van der Waals surface area contributed by atoms with E-state index in [1.54, 1.807) is 6.08 Å². The molecule has 45 valence electrons. The molecule has 0 saturated heterocycles. The van der Waals surface area contributed by atoms with E-state index in [0.29, 0.717) is 0 Å². The Morgan fingerprint density at radius 2 is 2.50 bits per heavy atom. The zero-order valence-electron chi connectivity index (χ0n) is 4.68. The third-order valence-electron chi connectivity index (χ3n) is 0.507. The number of hydrogen-bond acceptors (Lipinski definition) is 2. The van der Waals surface area contributed by atoms with Gasteiger partial charge in [0.15, 0.2) is 0 Å². The van der Waals surface area contributed by atoms with E-state index in [2.05, 4.69) is 4.74 Å². The molecule has 8 heavy (non-hydrogen) atoms. The van der Waals surface area contributed by atoms with Crippen molar-refractivity contribution in [2.75, 3.05) is 0 Å². The monoisotopic (exact) mass is 114 g/mol. The topological polar surface area (TPSA) is 50.1 Å². The number of amides is 1. The number of carbonyl (C=O) groups is 1. The first-order valence-corrected chi connectivity index (χ1v) is 2.34. The van der Waals surface area contributed by atoms with Gasteiger partial charge >= 0.3 is 6.09 Å². The molecule has 0 aliphatic carbocycles. The second kappa shape index (κ2) is 4.18. The van der Waals surface area contributed by atoms with Crippen LogP contribution < -0.4 is 5.73 Å². The standard InChI is InChI=1S/C5H8NO2/c1-2-3-4-8-5(6)7/h3-4,6H,2H2,1H3. The van der Waals surface area contributed by atoms with E-state index < -0.39 is 6.09 Å². The number of allylic oxidation sites excluding steroid dienone is 1. The van der Waals surface area contributed by atoms with Crippen LogP contribution in [0.1, 0.15) is 13.3 Å². The summed E-state index contributed by atoms with van der Waals surface area (Å²) in [6.45, 7) is 1.91. The van der Waals surface area contributed by atoms with Crippen LogP contribution in [0, 0.1) is 0 Å². The molecule has 1 amide bonds. The second-order valence-electron chi connectivity index (χ2n) is 1.19. The summed E-state index contributed by atoms with van der Waals surface area (Å²) in [6, 6.07) is 0. The molecular weight excluding hydrogens is 106 g/mol. The molecule has 0 aliphatic heterocycles. The molecule has 1 radical (unpaired) electrons. The van der Waals surface area contributed by atoms with Gasteiger partial charge in [-0.3, -0.25) is 0 Å². The predicted molar refractivity (Wildman–Crippen MR) is 29.0 cm³/mol. The van der Waals surface area contributed by atoms with Crippen LogP contribution in [0.4, 0.5) is 4.79 Å². The number of carbonyl (C=O) groups excluding carboxylic acids is 1. The van der Waals surface area contributed by atoms with Crippen molar-refractivity contribution in [2.45, 2.75) is 13.3 Å². The van der Waals surface area contributed by atoms with Gasteiger partial charge in [-0.15, -0.1) is 0 Å². The van der Waals surface area contributed by atoms with Crippen molar-refractivity contribution in [3.63, 3.8) is 0 Å². The lowest BCUT2D eigenvalue weighted by Crippen LogP contribution is -1.94. The molecule has 0 aromatic carbocycles. The van der Waals surface area contributed by atoms with Crippen molar-refractivity contribution in [1.29, 1.82) is 0 Å². The fourth-order valence-electron chi connectivity index (χ4n) is 0.206. The van der Waals surface area contributed by atoms with Gasteiger partial charge in [0.1, 0.15) is 0 Å². The Balaban J connectivity index is 3.16. The molecule has 0 saturated carbocycles. The minimum Gasteiger partial charge on any atom is -0.417 e. The van der Waals surface area contributed by atoms with Crippen LogP contribution in [0.2, 0.25) is 0 Å². The third kappa shape index (κ3) is 5.01. The zero-order chi connectivity index (χ0) is 6.41. The quantitative estimate of drug-likeness (QED) is 0.508. The molecule has 0 bridgehead atoms. The summed E-state index contributed by atoms with van der Waals surface area (Å²) in [7, 11) is 0. The van der Waals surface area contributed by atoms with Gasteiger partial charge in [0, 0.05) is 0 Å². The summed E-state index contributed by atoms with van der Waals surface area (Å²) in [5.41, 5.74) is 6.24. The zero-order valence-corrected chi connectivity index (χ0v) is 4.68. The highest BCUT2D eigenvalue weighted by Gasteiger charge is 1.84. The molecule has 0 unspecified atom stereocenters. The minimum absolute atomic E-state index is 0.813. The molecule has 0 aromatic rings. The highest BCUT2D eigenvalue weighted by Crippen LogP contribution is 1.81. The molecule has 0 aliphatic rings. The van der Waals surface area contributed by atoms with Crippen LogP contribution in [0.15, 0.2) is 12.3 Å². The van der Waals surface area contributed by atoms with Crippen molar-refractivity contribution in [3.05, 3.63) is 12.3 Å². The lowest BCUT2D eigenvalue weighted by atomic mass is 10.5. The second-order valence-corrected chi connectivity index (χ2v) is 1.19. The maximum absolute atomic E-state index is 9.71. The van der Waals surface area contributed by atoms with Crippen molar-refractivity contribution in [3.8, 4) is 0 Å². The number of ether oxygens (including phenoxy) is 1. The van der Waals surface area contributed by atoms with Crippen LogP contribution in [0.5, 0.6) is 0 Å². The maximum atomic E-state index is 9.71. The Morgan fingerprint density at radius 3 is 2.88 bits per heavy atom. The molecule has 3 nitrogen and oxygen atoms in total. The summed E-state index contributed by atoms with van der Waals surface area (Å²) in [4.78, 5) is 9.71. The minimum atomic E-state index is -1.02. The van der Waals surface area contributed by atoms with Crippen LogP contribution in [-0.2, 0) is 4.74 Å². The molecule has 3 heteroatoms. The predicted octanol–water partition coefficient (Wildman–Crippen LogP) is 1.33. The molecule has 0 spiro atoms. The fourth-order valence-corrected chi connectivity index (χ4v) is 0.206. The Bertz CT molecular complexity index is 98.6. The molecule has 0 fully saturated rings. The lowest BCUT2D eigenvalue weighted by molar-refractivity contribution is 0.194. The molecule has 0 rings (SSSR count). The largest absolute Gasteiger partial charge is 0.430 e. The number of nitrogens with one attached hydrogen (secondary N) is 1.